The lowest BCUT2D eigenvalue weighted by Gasteiger charge is -2.24. The summed E-state index contributed by atoms with van der Waals surface area (Å²) in [5.74, 6) is 3.42. The lowest BCUT2D eigenvalue weighted by atomic mass is 9.96. The first-order chi connectivity index (χ1) is 14.9. The van der Waals surface area contributed by atoms with Crippen LogP contribution in [-0.4, -0.2) is 30.7 Å². The number of nitrogens with zero attached hydrogens (tertiary/aromatic N) is 4. The minimum atomic E-state index is 0.536. The van der Waals surface area contributed by atoms with E-state index in [1.807, 2.05) is 19.9 Å². The van der Waals surface area contributed by atoms with Gasteiger partial charge < -0.3 is 15.2 Å². The SMILES string of the molecule is Cc1cc(C)nc(SCc2nc3cc(NC(=S)N[C@H]4C[C@H]5CC[C@@H]4C5)ccc3n2C)n1. The number of imidazole rings is 1. The van der Waals surface area contributed by atoms with E-state index in [0.29, 0.717) is 6.04 Å². The van der Waals surface area contributed by atoms with E-state index in [1.54, 1.807) is 11.8 Å². The fourth-order valence-electron chi connectivity index (χ4n) is 5.10. The van der Waals surface area contributed by atoms with Gasteiger partial charge in [0.15, 0.2) is 10.3 Å². The molecule has 2 saturated carbocycles. The molecule has 31 heavy (non-hydrogen) atoms. The third-order valence-corrected chi connectivity index (χ3v) is 7.64. The van der Waals surface area contributed by atoms with Crippen molar-refractivity contribution in [1.82, 2.24) is 24.8 Å². The highest BCUT2D eigenvalue weighted by Crippen LogP contribution is 2.44. The summed E-state index contributed by atoms with van der Waals surface area (Å²) in [6, 6.07) is 8.78. The molecule has 3 aromatic rings. The molecule has 2 fully saturated rings. The zero-order valence-corrected chi connectivity index (χ0v) is 19.8. The second kappa shape index (κ2) is 8.39. The molecule has 0 spiro atoms. The van der Waals surface area contributed by atoms with Gasteiger partial charge >= 0.3 is 0 Å². The van der Waals surface area contributed by atoms with Gasteiger partial charge in [-0.3, -0.25) is 0 Å². The molecule has 2 heterocycles. The average molecular weight is 453 g/mol. The number of nitrogens with one attached hydrogen (secondary N) is 2. The van der Waals surface area contributed by atoms with E-state index in [2.05, 4.69) is 50.4 Å². The van der Waals surface area contributed by atoms with Crippen LogP contribution in [0, 0.1) is 25.7 Å². The zero-order valence-electron chi connectivity index (χ0n) is 18.2. The minimum absolute atomic E-state index is 0.536. The number of anilines is 1. The van der Waals surface area contributed by atoms with Gasteiger partial charge in [0.2, 0.25) is 0 Å². The summed E-state index contributed by atoms with van der Waals surface area (Å²) >= 11 is 7.21. The Bertz CT molecular complexity index is 1120. The second-order valence-corrected chi connectivity index (χ2v) is 10.2. The number of benzene rings is 1. The van der Waals surface area contributed by atoms with Gasteiger partial charge in [0.05, 0.1) is 16.8 Å². The van der Waals surface area contributed by atoms with Gasteiger partial charge in [0, 0.05) is 30.2 Å². The van der Waals surface area contributed by atoms with E-state index in [1.165, 1.54) is 25.7 Å². The molecular formula is C23H28N6S2. The summed E-state index contributed by atoms with van der Waals surface area (Å²) in [6.45, 7) is 4.00. The molecule has 2 aromatic heterocycles. The number of rotatable bonds is 5. The van der Waals surface area contributed by atoms with E-state index in [9.17, 15) is 0 Å². The smallest absolute Gasteiger partial charge is 0.188 e. The van der Waals surface area contributed by atoms with Gasteiger partial charge in [-0.05, 0) is 81.4 Å². The van der Waals surface area contributed by atoms with Crippen molar-refractivity contribution in [2.24, 2.45) is 18.9 Å². The summed E-state index contributed by atoms with van der Waals surface area (Å²) in [4.78, 5) is 13.9. The Morgan fingerprint density at radius 1 is 1.13 bits per heavy atom. The molecule has 1 aromatic carbocycles. The topological polar surface area (TPSA) is 67.7 Å². The number of fused-ring (bicyclic) bond motifs is 3. The Kier molecular flexibility index (Phi) is 5.60. The highest BCUT2D eigenvalue weighted by Gasteiger charge is 2.39. The number of aryl methyl sites for hydroxylation is 3. The highest BCUT2D eigenvalue weighted by molar-refractivity contribution is 7.98. The predicted octanol–water partition coefficient (Wildman–Crippen LogP) is 4.75. The van der Waals surface area contributed by atoms with Crippen molar-refractivity contribution in [3.05, 3.63) is 41.5 Å². The van der Waals surface area contributed by atoms with Gasteiger partial charge in [-0.1, -0.05) is 18.2 Å². The van der Waals surface area contributed by atoms with Gasteiger partial charge in [0.25, 0.3) is 0 Å². The number of thioether (sulfide) groups is 1. The Morgan fingerprint density at radius 2 is 1.94 bits per heavy atom. The first kappa shape index (κ1) is 20.7. The fourth-order valence-corrected chi connectivity index (χ4v) is 6.30. The lowest BCUT2D eigenvalue weighted by Crippen LogP contribution is -2.40. The Balaban J connectivity index is 1.26. The van der Waals surface area contributed by atoms with Crippen LogP contribution in [0.15, 0.2) is 29.4 Å². The highest BCUT2D eigenvalue weighted by atomic mass is 32.2. The zero-order chi connectivity index (χ0) is 21.5. The van der Waals surface area contributed by atoms with Crippen LogP contribution in [0.1, 0.15) is 42.9 Å². The molecule has 0 saturated heterocycles. The number of aromatic nitrogens is 4. The first-order valence-corrected chi connectivity index (χ1v) is 12.3. The van der Waals surface area contributed by atoms with E-state index < -0.39 is 0 Å². The average Bonchev–Trinajstić information content (AvgIpc) is 3.40. The molecule has 2 bridgehead atoms. The van der Waals surface area contributed by atoms with Gasteiger partial charge in [0.1, 0.15) is 5.82 Å². The van der Waals surface area contributed by atoms with Gasteiger partial charge in [-0.25, -0.2) is 15.0 Å². The maximum absolute atomic E-state index is 5.59. The van der Waals surface area contributed by atoms with Crippen LogP contribution in [0.5, 0.6) is 0 Å². The molecule has 0 unspecified atom stereocenters. The van der Waals surface area contributed by atoms with E-state index in [-0.39, 0.29) is 0 Å². The maximum Gasteiger partial charge on any atom is 0.188 e. The molecule has 2 aliphatic rings. The molecule has 3 atom stereocenters. The Morgan fingerprint density at radius 3 is 2.65 bits per heavy atom. The summed E-state index contributed by atoms with van der Waals surface area (Å²) in [7, 11) is 2.06. The minimum Gasteiger partial charge on any atom is -0.359 e. The molecular weight excluding hydrogens is 424 g/mol. The van der Waals surface area contributed by atoms with Gasteiger partial charge in [-0.2, -0.15) is 0 Å². The van der Waals surface area contributed by atoms with E-state index in [4.69, 9.17) is 17.2 Å². The summed E-state index contributed by atoms with van der Waals surface area (Å²) < 4.78 is 2.14. The second-order valence-electron chi connectivity index (χ2n) is 8.89. The standard InChI is InChI=1S/C23H28N6S2/c1-13-8-14(2)25-23(24-13)31-12-21-27-19-11-17(6-7-20(19)29(21)3)26-22(30)28-18-10-15-4-5-16(18)9-15/h6-8,11,15-16,18H,4-5,9-10,12H2,1-3H3,(H2,26,28,30)/t15-,16+,18-/m0/s1. The van der Waals surface area contributed by atoms with Crippen molar-refractivity contribution in [3.8, 4) is 0 Å². The predicted molar refractivity (Wildman–Crippen MR) is 130 cm³/mol. The van der Waals surface area contributed by atoms with Crippen LogP contribution in [-0.2, 0) is 12.8 Å². The van der Waals surface area contributed by atoms with Crippen LogP contribution in [0.2, 0.25) is 0 Å². The molecule has 2 N–H and O–H groups in total. The monoisotopic (exact) mass is 452 g/mol. The number of thiocarbonyl (C=S) groups is 1. The molecule has 5 rings (SSSR count). The lowest BCUT2D eigenvalue weighted by molar-refractivity contribution is 0.392. The summed E-state index contributed by atoms with van der Waals surface area (Å²) in [6.07, 6.45) is 5.37. The molecule has 0 aliphatic heterocycles. The van der Waals surface area contributed by atoms with Crippen LogP contribution in [0.3, 0.4) is 0 Å². The van der Waals surface area contributed by atoms with Crippen LogP contribution < -0.4 is 10.6 Å². The Hall–Kier alpha value is -2.19. The molecule has 0 radical (unpaired) electrons. The molecule has 6 nitrogen and oxygen atoms in total. The largest absolute Gasteiger partial charge is 0.359 e. The van der Waals surface area contributed by atoms with E-state index in [0.717, 1.165) is 61.8 Å². The summed E-state index contributed by atoms with van der Waals surface area (Å²) in [5.41, 5.74) is 5.03. The summed E-state index contributed by atoms with van der Waals surface area (Å²) in [5, 5.41) is 8.43. The van der Waals surface area contributed by atoms with Crippen molar-refractivity contribution in [1.29, 1.82) is 0 Å². The molecule has 0 amide bonds. The van der Waals surface area contributed by atoms with Crippen LogP contribution in [0.25, 0.3) is 11.0 Å². The quantitative estimate of drug-likeness (QED) is 0.329. The van der Waals surface area contributed by atoms with Crippen molar-refractivity contribution < 1.29 is 0 Å². The van der Waals surface area contributed by atoms with Crippen molar-refractivity contribution in [3.63, 3.8) is 0 Å². The number of hydrogen-bond donors (Lipinski definition) is 2. The molecule has 162 valence electrons. The van der Waals surface area contributed by atoms with Crippen molar-refractivity contribution >= 4 is 45.8 Å². The Labute approximate surface area is 192 Å². The van der Waals surface area contributed by atoms with Crippen molar-refractivity contribution in [2.75, 3.05) is 5.32 Å². The fraction of sp³-hybridized carbons (Fsp3) is 0.478. The third-order valence-electron chi connectivity index (χ3n) is 6.58. The maximum atomic E-state index is 5.59. The van der Waals surface area contributed by atoms with Gasteiger partial charge in [-0.15, -0.1) is 0 Å². The number of hydrogen-bond acceptors (Lipinski definition) is 5. The normalized spacial score (nSPS) is 22.2. The van der Waals surface area contributed by atoms with Crippen LogP contribution >= 0.6 is 24.0 Å². The van der Waals surface area contributed by atoms with Crippen LogP contribution in [0.4, 0.5) is 5.69 Å². The first-order valence-electron chi connectivity index (χ1n) is 10.9. The molecule has 8 heteroatoms. The molecule has 2 aliphatic carbocycles. The van der Waals surface area contributed by atoms with Crippen molar-refractivity contribution in [2.45, 2.75) is 56.5 Å². The third kappa shape index (κ3) is 4.41. The van der Waals surface area contributed by atoms with E-state index >= 15 is 0 Å².